The summed E-state index contributed by atoms with van der Waals surface area (Å²) in [6.45, 7) is 3.53. The third-order valence-electron chi connectivity index (χ3n) is 4.41. The summed E-state index contributed by atoms with van der Waals surface area (Å²) in [6.07, 6.45) is 4.93. The molecule has 9 heteroatoms. The second kappa shape index (κ2) is 7.28. The lowest BCUT2D eigenvalue weighted by molar-refractivity contribution is -0.138. The van der Waals surface area contributed by atoms with E-state index in [9.17, 15) is 4.79 Å². The Balaban J connectivity index is 1.47. The molecule has 0 amide bonds. The molecule has 1 N–H and O–H groups in total. The average molecular weight is 382 g/mol. The molecule has 8 nitrogen and oxygen atoms in total. The zero-order valence-electron chi connectivity index (χ0n) is 14.7. The van der Waals surface area contributed by atoms with Crippen LogP contribution >= 0.6 is 11.3 Å². The fraction of sp³-hybridized carbons (Fsp3) is 0.278. The first-order valence-corrected chi connectivity index (χ1v) is 9.37. The molecule has 27 heavy (non-hydrogen) atoms. The lowest BCUT2D eigenvalue weighted by atomic mass is 9.96. The van der Waals surface area contributed by atoms with Crippen molar-refractivity contribution >= 4 is 28.0 Å². The molecule has 0 aliphatic carbocycles. The van der Waals surface area contributed by atoms with Crippen molar-refractivity contribution in [2.75, 3.05) is 18.0 Å². The van der Waals surface area contributed by atoms with Gasteiger partial charge in [-0.05, 0) is 35.3 Å². The minimum absolute atomic E-state index is 0.308. The molecule has 2 aromatic heterocycles. The number of aryl methyl sites for hydroxylation is 1. The van der Waals surface area contributed by atoms with E-state index in [4.69, 9.17) is 5.11 Å². The van der Waals surface area contributed by atoms with E-state index in [1.54, 1.807) is 6.20 Å². The molecule has 0 saturated heterocycles. The first-order chi connectivity index (χ1) is 13.1. The van der Waals surface area contributed by atoms with Gasteiger partial charge in [-0.3, -0.25) is 4.79 Å². The first kappa shape index (κ1) is 17.3. The fourth-order valence-electron chi connectivity index (χ4n) is 3.07. The van der Waals surface area contributed by atoms with Gasteiger partial charge in [-0.25, -0.2) is 4.98 Å². The van der Waals surface area contributed by atoms with Crippen molar-refractivity contribution in [3.05, 3.63) is 47.7 Å². The van der Waals surface area contributed by atoms with Gasteiger partial charge in [-0.2, -0.15) is 4.80 Å². The van der Waals surface area contributed by atoms with Crippen LogP contribution in [0.2, 0.25) is 0 Å². The molecular formula is C18H18N6O2S. The van der Waals surface area contributed by atoms with E-state index in [0.717, 1.165) is 34.3 Å². The van der Waals surface area contributed by atoms with Crippen LogP contribution in [-0.4, -0.2) is 49.4 Å². The van der Waals surface area contributed by atoms with Crippen molar-refractivity contribution in [3.63, 3.8) is 0 Å². The summed E-state index contributed by atoms with van der Waals surface area (Å²) in [5.41, 5.74) is 3.99. The van der Waals surface area contributed by atoms with Gasteiger partial charge in [0.05, 0.1) is 11.1 Å². The molecule has 1 aliphatic heterocycles. The number of carboxylic acids is 1. The number of nitrogens with zero attached hydrogens (tertiary/aromatic N) is 6. The fourth-order valence-corrected chi connectivity index (χ4v) is 3.94. The topological polar surface area (TPSA) is 97.0 Å². The van der Waals surface area contributed by atoms with Crippen molar-refractivity contribution < 1.29 is 9.90 Å². The summed E-state index contributed by atoms with van der Waals surface area (Å²) in [4.78, 5) is 19.3. The van der Waals surface area contributed by atoms with Gasteiger partial charge in [0.15, 0.2) is 11.7 Å². The predicted molar refractivity (Wildman–Crippen MR) is 103 cm³/mol. The van der Waals surface area contributed by atoms with Crippen molar-refractivity contribution in [2.24, 2.45) is 0 Å². The SMILES string of the molecule is Cc1ccccc1C1=CCN(c2ncc(-c3nnn(CC(=O)O)n3)s2)CC1. The highest BCUT2D eigenvalue weighted by molar-refractivity contribution is 7.18. The summed E-state index contributed by atoms with van der Waals surface area (Å²) >= 11 is 1.48. The second-order valence-electron chi connectivity index (χ2n) is 6.28. The summed E-state index contributed by atoms with van der Waals surface area (Å²) < 4.78 is 0. The number of aliphatic carboxylic acids is 1. The Morgan fingerprint density at radius 3 is 2.93 bits per heavy atom. The molecule has 0 spiro atoms. The molecule has 4 rings (SSSR count). The Morgan fingerprint density at radius 2 is 2.19 bits per heavy atom. The van der Waals surface area contributed by atoms with Crippen molar-refractivity contribution in [1.82, 2.24) is 25.2 Å². The average Bonchev–Trinajstić information content (AvgIpc) is 3.31. The van der Waals surface area contributed by atoms with Gasteiger partial charge >= 0.3 is 5.97 Å². The molecule has 0 unspecified atom stereocenters. The number of aromatic nitrogens is 5. The highest BCUT2D eigenvalue weighted by Crippen LogP contribution is 2.32. The number of hydrogen-bond donors (Lipinski definition) is 1. The molecule has 1 aromatic carbocycles. The number of thiazole rings is 1. The highest BCUT2D eigenvalue weighted by atomic mass is 32.1. The van der Waals surface area contributed by atoms with Gasteiger partial charge in [0.25, 0.3) is 0 Å². The Hall–Kier alpha value is -3.07. The van der Waals surface area contributed by atoms with Crippen LogP contribution in [0.1, 0.15) is 17.5 Å². The zero-order valence-corrected chi connectivity index (χ0v) is 15.6. The number of carbonyl (C=O) groups is 1. The molecule has 1 aliphatic rings. The quantitative estimate of drug-likeness (QED) is 0.724. The maximum atomic E-state index is 10.7. The Morgan fingerprint density at radius 1 is 1.33 bits per heavy atom. The zero-order chi connectivity index (χ0) is 18.8. The van der Waals surface area contributed by atoms with E-state index in [1.807, 2.05) is 0 Å². The van der Waals surface area contributed by atoms with Crippen molar-refractivity contribution in [2.45, 2.75) is 19.9 Å². The number of tetrazole rings is 1. The maximum absolute atomic E-state index is 10.7. The number of carboxylic acid groups (broad SMARTS) is 1. The molecule has 138 valence electrons. The molecular weight excluding hydrogens is 364 g/mol. The highest BCUT2D eigenvalue weighted by Gasteiger charge is 2.19. The van der Waals surface area contributed by atoms with Gasteiger partial charge < -0.3 is 10.0 Å². The summed E-state index contributed by atoms with van der Waals surface area (Å²) in [5.74, 6) is -0.610. The van der Waals surface area contributed by atoms with Crippen LogP contribution in [0, 0.1) is 6.92 Å². The van der Waals surface area contributed by atoms with Crippen LogP contribution in [0.4, 0.5) is 5.13 Å². The van der Waals surface area contributed by atoms with Gasteiger partial charge in [-0.15, -0.1) is 10.2 Å². The lowest BCUT2D eigenvalue weighted by Gasteiger charge is -2.26. The van der Waals surface area contributed by atoms with E-state index in [-0.39, 0.29) is 6.54 Å². The smallest absolute Gasteiger partial charge is 0.327 e. The monoisotopic (exact) mass is 382 g/mol. The number of hydrogen-bond acceptors (Lipinski definition) is 7. The third-order valence-corrected chi connectivity index (χ3v) is 5.47. The van der Waals surface area contributed by atoms with E-state index in [0.29, 0.717) is 5.82 Å². The third kappa shape index (κ3) is 3.72. The first-order valence-electron chi connectivity index (χ1n) is 8.56. The minimum Gasteiger partial charge on any atom is -0.480 e. The standard InChI is InChI=1S/C18H18N6O2S/c1-12-4-2-3-5-14(12)13-6-8-23(9-7-13)18-19-10-15(27-18)17-20-22-24(21-17)11-16(25)26/h2-6,10H,7-9,11H2,1H3,(H,25,26). The van der Waals surface area contributed by atoms with Gasteiger partial charge in [-0.1, -0.05) is 41.7 Å². The van der Waals surface area contributed by atoms with Crippen LogP contribution < -0.4 is 4.90 Å². The molecule has 3 aromatic rings. The molecule has 0 radical (unpaired) electrons. The number of rotatable bonds is 5. The van der Waals surface area contributed by atoms with Gasteiger partial charge in [0.1, 0.15) is 0 Å². The second-order valence-corrected chi connectivity index (χ2v) is 7.29. The van der Waals surface area contributed by atoms with Gasteiger partial charge in [0.2, 0.25) is 5.82 Å². The lowest BCUT2D eigenvalue weighted by Crippen LogP contribution is -2.28. The summed E-state index contributed by atoms with van der Waals surface area (Å²) in [5, 5.41) is 21.5. The van der Waals surface area contributed by atoms with E-state index < -0.39 is 5.97 Å². The summed E-state index contributed by atoms with van der Waals surface area (Å²) in [7, 11) is 0. The van der Waals surface area contributed by atoms with E-state index in [2.05, 4.69) is 62.6 Å². The molecule has 3 heterocycles. The Bertz CT molecular complexity index is 1010. The molecule has 0 fully saturated rings. The van der Waals surface area contributed by atoms with Crippen molar-refractivity contribution in [1.29, 1.82) is 0 Å². The molecule has 0 bridgehead atoms. The van der Waals surface area contributed by atoms with Gasteiger partial charge in [0, 0.05) is 13.1 Å². The van der Waals surface area contributed by atoms with Crippen LogP contribution in [0.3, 0.4) is 0 Å². The largest absolute Gasteiger partial charge is 0.480 e. The predicted octanol–water partition coefficient (Wildman–Crippen LogP) is 2.48. The normalized spacial score (nSPS) is 14.3. The maximum Gasteiger partial charge on any atom is 0.327 e. The van der Waals surface area contributed by atoms with Crippen molar-refractivity contribution in [3.8, 4) is 10.7 Å². The molecule has 0 saturated carbocycles. The number of benzene rings is 1. The Kier molecular flexibility index (Phi) is 4.68. The minimum atomic E-state index is -1.01. The van der Waals surface area contributed by atoms with Crippen LogP contribution in [0.25, 0.3) is 16.3 Å². The summed E-state index contributed by atoms with van der Waals surface area (Å²) in [6, 6.07) is 8.45. The van der Waals surface area contributed by atoms with E-state index in [1.165, 1.54) is 28.0 Å². The van der Waals surface area contributed by atoms with Crippen LogP contribution in [0.15, 0.2) is 36.5 Å². The Labute approximate surface area is 159 Å². The van der Waals surface area contributed by atoms with E-state index >= 15 is 0 Å². The van der Waals surface area contributed by atoms with Crippen LogP contribution in [0.5, 0.6) is 0 Å². The van der Waals surface area contributed by atoms with Crippen LogP contribution in [-0.2, 0) is 11.3 Å². The molecule has 0 atom stereocenters. The number of anilines is 1.